The monoisotopic (exact) mass is 322 g/mol. The number of Topliss-reactive ketones (excluding diaryl/α,β-unsaturated/α-hetero) is 1. The van der Waals surface area contributed by atoms with E-state index in [1.54, 1.807) is 18.2 Å². The van der Waals surface area contributed by atoms with Gasteiger partial charge in [-0.1, -0.05) is 18.6 Å². The molecule has 5 nitrogen and oxygen atoms in total. The lowest BCUT2D eigenvalue weighted by atomic mass is 10.00. The Hall–Kier alpha value is -1.24. The maximum Gasteiger partial charge on any atom is 0.240 e. The first-order valence-electron chi connectivity index (χ1n) is 7.85. The summed E-state index contributed by atoms with van der Waals surface area (Å²) >= 11 is 0. The number of piperidine rings is 1. The van der Waals surface area contributed by atoms with Crippen LogP contribution in [-0.2, 0) is 10.0 Å². The van der Waals surface area contributed by atoms with Crippen molar-refractivity contribution in [2.45, 2.75) is 49.6 Å². The molecule has 0 radical (unpaired) electrons. The summed E-state index contributed by atoms with van der Waals surface area (Å²) in [7, 11) is -3.58. The van der Waals surface area contributed by atoms with E-state index in [-0.39, 0.29) is 16.7 Å². The largest absolute Gasteiger partial charge is 0.299 e. The maximum absolute atomic E-state index is 12.6. The number of fused-ring (bicyclic) bond motifs is 1. The third kappa shape index (κ3) is 3.09. The molecule has 2 aliphatic heterocycles. The Bertz CT molecular complexity index is 672. The fraction of sp³-hybridized carbons (Fsp3) is 0.562. The molecule has 2 aliphatic rings. The van der Waals surface area contributed by atoms with Crippen molar-refractivity contribution in [3.63, 3.8) is 0 Å². The number of sulfonamides is 1. The molecule has 1 aromatic carbocycles. The minimum absolute atomic E-state index is 0.0220. The molecule has 0 aromatic heterocycles. The fourth-order valence-electron chi connectivity index (χ4n) is 3.53. The van der Waals surface area contributed by atoms with Crippen LogP contribution in [0, 0.1) is 0 Å². The highest BCUT2D eigenvalue weighted by Crippen LogP contribution is 2.28. The summed E-state index contributed by atoms with van der Waals surface area (Å²) < 4.78 is 28.0. The van der Waals surface area contributed by atoms with Crippen molar-refractivity contribution < 1.29 is 13.2 Å². The number of nitrogens with zero attached hydrogens (tertiary/aromatic N) is 1. The average Bonchev–Trinajstić information content (AvgIpc) is 2.90. The van der Waals surface area contributed by atoms with Gasteiger partial charge in [-0.05, 0) is 44.9 Å². The zero-order chi connectivity index (χ0) is 15.7. The van der Waals surface area contributed by atoms with Crippen molar-refractivity contribution in [3.8, 4) is 0 Å². The summed E-state index contributed by atoms with van der Waals surface area (Å²) in [6, 6.07) is 6.55. The number of carbonyl (C=O) groups is 1. The molecule has 3 rings (SSSR count). The van der Waals surface area contributed by atoms with E-state index < -0.39 is 10.0 Å². The Labute approximate surface area is 131 Å². The Morgan fingerprint density at radius 2 is 2.05 bits per heavy atom. The molecule has 2 fully saturated rings. The highest BCUT2D eigenvalue weighted by atomic mass is 32.2. The minimum atomic E-state index is -3.58. The second-order valence-corrected chi connectivity index (χ2v) is 7.91. The Kier molecular flexibility index (Phi) is 4.34. The number of rotatable bonds is 4. The molecule has 0 amide bonds. The van der Waals surface area contributed by atoms with Gasteiger partial charge in [0.2, 0.25) is 10.0 Å². The predicted molar refractivity (Wildman–Crippen MR) is 84.4 cm³/mol. The summed E-state index contributed by atoms with van der Waals surface area (Å²) in [6.07, 6.45) is 4.28. The molecule has 0 unspecified atom stereocenters. The molecule has 1 aromatic rings. The van der Waals surface area contributed by atoms with Gasteiger partial charge < -0.3 is 0 Å². The summed E-state index contributed by atoms with van der Waals surface area (Å²) in [6.45, 7) is 3.48. The molecule has 0 saturated carbocycles. The van der Waals surface area contributed by atoms with Crippen molar-refractivity contribution >= 4 is 15.8 Å². The van der Waals surface area contributed by atoms with Gasteiger partial charge in [0, 0.05) is 24.2 Å². The highest BCUT2D eigenvalue weighted by molar-refractivity contribution is 7.89. The molecular formula is C16H22N2O3S. The van der Waals surface area contributed by atoms with Crippen LogP contribution >= 0.6 is 0 Å². The molecular weight excluding hydrogens is 300 g/mol. The molecule has 2 saturated heterocycles. The van der Waals surface area contributed by atoms with Crippen molar-refractivity contribution in [1.29, 1.82) is 0 Å². The fourth-order valence-corrected chi connectivity index (χ4v) is 4.88. The van der Waals surface area contributed by atoms with Gasteiger partial charge in [0.25, 0.3) is 0 Å². The van der Waals surface area contributed by atoms with Crippen molar-refractivity contribution in [2.24, 2.45) is 0 Å². The lowest BCUT2D eigenvalue weighted by Crippen LogP contribution is -2.46. The SMILES string of the molecule is CC(=O)c1cccc(S(=O)(=O)N[C@H]2CCN3CCCC[C@H]23)c1. The summed E-state index contributed by atoms with van der Waals surface area (Å²) in [5, 5.41) is 0. The molecule has 2 atom stereocenters. The van der Waals surface area contributed by atoms with Crippen LogP contribution in [-0.4, -0.2) is 44.3 Å². The van der Waals surface area contributed by atoms with E-state index in [0.717, 1.165) is 25.9 Å². The molecule has 2 heterocycles. The van der Waals surface area contributed by atoms with Crippen LogP contribution in [0.2, 0.25) is 0 Å². The predicted octanol–water partition coefficient (Wildman–Crippen LogP) is 1.79. The zero-order valence-corrected chi connectivity index (χ0v) is 13.6. The molecule has 22 heavy (non-hydrogen) atoms. The van der Waals surface area contributed by atoms with Crippen LogP contribution in [0.1, 0.15) is 43.0 Å². The topological polar surface area (TPSA) is 66.5 Å². The van der Waals surface area contributed by atoms with Gasteiger partial charge in [-0.3, -0.25) is 9.69 Å². The van der Waals surface area contributed by atoms with Gasteiger partial charge in [-0.25, -0.2) is 13.1 Å². The van der Waals surface area contributed by atoms with Gasteiger partial charge in [-0.2, -0.15) is 0 Å². The first-order chi connectivity index (χ1) is 10.5. The molecule has 0 aliphatic carbocycles. The number of benzene rings is 1. The second-order valence-electron chi connectivity index (χ2n) is 6.20. The first-order valence-corrected chi connectivity index (χ1v) is 9.33. The minimum Gasteiger partial charge on any atom is -0.299 e. The maximum atomic E-state index is 12.6. The molecule has 1 N–H and O–H groups in total. The highest BCUT2D eigenvalue weighted by Gasteiger charge is 2.37. The zero-order valence-electron chi connectivity index (χ0n) is 12.8. The van der Waals surface area contributed by atoms with E-state index in [0.29, 0.717) is 11.6 Å². The number of nitrogens with one attached hydrogen (secondary N) is 1. The van der Waals surface area contributed by atoms with Gasteiger partial charge in [0.15, 0.2) is 5.78 Å². The van der Waals surface area contributed by atoms with Gasteiger partial charge in [-0.15, -0.1) is 0 Å². The molecule has 0 bridgehead atoms. The summed E-state index contributed by atoms with van der Waals surface area (Å²) in [5.41, 5.74) is 0.425. The number of hydrogen-bond donors (Lipinski definition) is 1. The summed E-state index contributed by atoms with van der Waals surface area (Å²) in [4.78, 5) is 14.0. The van der Waals surface area contributed by atoms with Crippen LogP contribution in [0.15, 0.2) is 29.2 Å². The van der Waals surface area contributed by atoms with Crippen molar-refractivity contribution in [1.82, 2.24) is 9.62 Å². The third-order valence-corrected chi connectivity index (χ3v) is 6.20. The number of carbonyl (C=O) groups excluding carboxylic acids is 1. The van der Waals surface area contributed by atoms with Crippen LogP contribution in [0.5, 0.6) is 0 Å². The Morgan fingerprint density at radius 1 is 1.23 bits per heavy atom. The standard InChI is InChI=1S/C16H22N2O3S/c1-12(19)13-5-4-6-14(11-13)22(20,21)17-15-8-10-18-9-3-2-7-16(15)18/h4-6,11,15-17H,2-3,7-10H2,1H3/t15-,16+/m0/s1. The van der Waals surface area contributed by atoms with Crippen LogP contribution < -0.4 is 4.72 Å². The third-order valence-electron chi connectivity index (χ3n) is 4.71. The quantitative estimate of drug-likeness (QED) is 0.858. The second kappa shape index (κ2) is 6.10. The lowest BCUT2D eigenvalue weighted by molar-refractivity contribution is 0.101. The van der Waals surface area contributed by atoms with Gasteiger partial charge >= 0.3 is 0 Å². The van der Waals surface area contributed by atoms with E-state index in [1.807, 2.05) is 0 Å². The van der Waals surface area contributed by atoms with Gasteiger partial charge in [0.1, 0.15) is 0 Å². The Morgan fingerprint density at radius 3 is 2.82 bits per heavy atom. The molecule has 120 valence electrons. The van der Waals surface area contributed by atoms with E-state index in [2.05, 4.69) is 9.62 Å². The number of hydrogen-bond acceptors (Lipinski definition) is 4. The summed E-state index contributed by atoms with van der Waals surface area (Å²) in [5.74, 6) is -0.128. The van der Waals surface area contributed by atoms with Crippen molar-refractivity contribution in [2.75, 3.05) is 13.1 Å². The smallest absolute Gasteiger partial charge is 0.240 e. The van der Waals surface area contributed by atoms with E-state index >= 15 is 0 Å². The van der Waals surface area contributed by atoms with Crippen molar-refractivity contribution in [3.05, 3.63) is 29.8 Å². The van der Waals surface area contributed by atoms with E-state index in [1.165, 1.54) is 25.8 Å². The normalized spacial score (nSPS) is 25.9. The van der Waals surface area contributed by atoms with Crippen LogP contribution in [0.4, 0.5) is 0 Å². The van der Waals surface area contributed by atoms with Crippen LogP contribution in [0.3, 0.4) is 0 Å². The van der Waals surface area contributed by atoms with E-state index in [9.17, 15) is 13.2 Å². The molecule has 0 spiro atoms. The van der Waals surface area contributed by atoms with E-state index in [4.69, 9.17) is 0 Å². The Balaban J connectivity index is 1.79. The first kappa shape index (κ1) is 15.6. The lowest BCUT2D eigenvalue weighted by Gasteiger charge is -2.32. The number of ketones is 1. The average molecular weight is 322 g/mol. The molecule has 6 heteroatoms. The van der Waals surface area contributed by atoms with Crippen LogP contribution in [0.25, 0.3) is 0 Å². The van der Waals surface area contributed by atoms with Gasteiger partial charge in [0.05, 0.1) is 4.90 Å².